The summed E-state index contributed by atoms with van der Waals surface area (Å²) in [5, 5.41) is 11.3. The SMILES string of the molecule is CCc1c2c(nc3ccccc13)-c1cc3c(c(=O)n1C2)COC(=O)C3O. The number of hydrogen-bond acceptors (Lipinski definition) is 5. The lowest BCUT2D eigenvalue weighted by Gasteiger charge is -2.21. The highest BCUT2D eigenvalue weighted by molar-refractivity contribution is 5.88. The molecule has 2 aliphatic rings. The molecule has 4 heterocycles. The van der Waals surface area contributed by atoms with Crippen LogP contribution in [0.3, 0.4) is 0 Å². The van der Waals surface area contributed by atoms with Crippen LogP contribution in [-0.4, -0.2) is 20.6 Å². The molecule has 1 atom stereocenters. The van der Waals surface area contributed by atoms with Gasteiger partial charge in [-0.05, 0) is 24.1 Å². The van der Waals surface area contributed by atoms with Gasteiger partial charge in [-0.3, -0.25) is 4.79 Å². The van der Waals surface area contributed by atoms with E-state index < -0.39 is 12.1 Å². The Morgan fingerprint density at radius 2 is 2.08 bits per heavy atom. The number of benzene rings is 1. The maximum Gasteiger partial charge on any atom is 0.340 e. The molecule has 0 spiro atoms. The van der Waals surface area contributed by atoms with Gasteiger partial charge >= 0.3 is 5.97 Å². The monoisotopic (exact) mass is 348 g/mol. The third-order valence-corrected chi connectivity index (χ3v) is 5.34. The number of aromatic nitrogens is 2. The molecule has 6 heteroatoms. The van der Waals surface area contributed by atoms with Crippen molar-refractivity contribution in [3.05, 3.63) is 62.9 Å². The van der Waals surface area contributed by atoms with E-state index in [1.165, 1.54) is 5.56 Å². The molecule has 0 saturated carbocycles. The van der Waals surface area contributed by atoms with Crippen LogP contribution in [0.2, 0.25) is 0 Å². The van der Waals surface area contributed by atoms with Crippen molar-refractivity contribution in [2.75, 3.05) is 0 Å². The Hall–Kier alpha value is -2.99. The molecule has 1 N–H and O–H groups in total. The number of aliphatic hydroxyl groups excluding tert-OH is 1. The Morgan fingerprint density at radius 3 is 2.88 bits per heavy atom. The van der Waals surface area contributed by atoms with Crippen LogP contribution in [-0.2, 0) is 29.1 Å². The third kappa shape index (κ3) is 1.87. The van der Waals surface area contributed by atoms with Gasteiger partial charge in [-0.2, -0.15) is 0 Å². The molecule has 130 valence electrons. The summed E-state index contributed by atoms with van der Waals surface area (Å²) in [5.74, 6) is -0.721. The van der Waals surface area contributed by atoms with E-state index in [0.29, 0.717) is 23.4 Å². The van der Waals surface area contributed by atoms with Gasteiger partial charge in [0, 0.05) is 16.5 Å². The summed E-state index contributed by atoms with van der Waals surface area (Å²) in [6.45, 7) is 2.44. The molecular weight excluding hydrogens is 332 g/mol. The van der Waals surface area contributed by atoms with E-state index in [4.69, 9.17) is 9.72 Å². The van der Waals surface area contributed by atoms with Crippen LogP contribution in [0.15, 0.2) is 35.1 Å². The molecule has 0 amide bonds. The number of para-hydroxylation sites is 1. The highest BCUT2D eigenvalue weighted by Gasteiger charge is 2.34. The predicted molar refractivity (Wildman–Crippen MR) is 94.7 cm³/mol. The molecule has 0 bridgehead atoms. The van der Waals surface area contributed by atoms with E-state index in [1.54, 1.807) is 10.6 Å². The lowest BCUT2D eigenvalue weighted by molar-refractivity contribution is -0.157. The summed E-state index contributed by atoms with van der Waals surface area (Å²) in [4.78, 5) is 29.4. The van der Waals surface area contributed by atoms with E-state index in [9.17, 15) is 14.7 Å². The number of rotatable bonds is 1. The molecule has 26 heavy (non-hydrogen) atoms. The number of aliphatic hydroxyl groups is 1. The van der Waals surface area contributed by atoms with Crippen LogP contribution in [0.4, 0.5) is 0 Å². The van der Waals surface area contributed by atoms with Crippen molar-refractivity contribution in [1.29, 1.82) is 0 Å². The molecular formula is C20H16N2O4. The summed E-state index contributed by atoms with van der Waals surface area (Å²) >= 11 is 0. The topological polar surface area (TPSA) is 81.4 Å². The number of pyridine rings is 2. The smallest absolute Gasteiger partial charge is 0.340 e. The average molecular weight is 348 g/mol. The Labute approximate surface area is 148 Å². The second-order valence-corrected chi connectivity index (χ2v) is 6.65. The van der Waals surface area contributed by atoms with Gasteiger partial charge in [0.25, 0.3) is 5.56 Å². The zero-order chi connectivity index (χ0) is 18.0. The predicted octanol–water partition coefficient (Wildman–Crippen LogP) is 2.08. The number of carbonyl (C=O) groups is 1. The van der Waals surface area contributed by atoms with E-state index in [1.807, 2.05) is 18.2 Å². The van der Waals surface area contributed by atoms with E-state index in [-0.39, 0.29) is 12.2 Å². The van der Waals surface area contributed by atoms with Crippen molar-refractivity contribution in [3.8, 4) is 11.4 Å². The van der Waals surface area contributed by atoms with Crippen molar-refractivity contribution in [2.45, 2.75) is 32.6 Å². The first kappa shape index (κ1) is 15.3. The Kier molecular flexibility index (Phi) is 3.09. The van der Waals surface area contributed by atoms with Gasteiger partial charge in [-0.1, -0.05) is 25.1 Å². The molecule has 3 aromatic rings. The van der Waals surface area contributed by atoms with Gasteiger partial charge in [0.1, 0.15) is 6.61 Å². The molecule has 0 radical (unpaired) electrons. The first-order valence-electron chi connectivity index (χ1n) is 8.62. The first-order valence-corrected chi connectivity index (χ1v) is 8.62. The van der Waals surface area contributed by atoms with Gasteiger partial charge in [-0.15, -0.1) is 0 Å². The van der Waals surface area contributed by atoms with Crippen LogP contribution in [0.1, 0.15) is 35.3 Å². The maximum absolute atomic E-state index is 13.0. The van der Waals surface area contributed by atoms with Gasteiger partial charge in [0.15, 0.2) is 6.10 Å². The van der Waals surface area contributed by atoms with Gasteiger partial charge in [0.2, 0.25) is 0 Å². The fraction of sp³-hybridized carbons (Fsp3) is 0.250. The number of aryl methyl sites for hydroxylation is 1. The quantitative estimate of drug-likeness (QED) is 0.533. The van der Waals surface area contributed by atoms with Crippen molar-refractivity contribution in [2.24, 2.45) is 0 Å². The van der Waals surface area contributed by atoms with Crippen LogP contribution in [0.5, 0.6) is 0 Å². The van der Waals surface area contributed by atoms with Crippen molar-refractivity contribution >= 4 is 16.9 Å². The van der Waals surface area contributed by atoms with Crippen molar-refractivity contribution in [3.63, 3.8) is 0 Å². The highest BCUT2D eigenvalue weighted by Crippen LogP contribution is 2.37. The third-order valence-electron chi connectivity index (χ3n) is 5.34. The molecule has 2 aliphatic heterocycles. The molecule has 1 unspecified atom stereocenters. The van der Waals surface area contributed by atoms with Gasteiger partial charge in [0.05, 0.1) is 29.0 Å². The molecule has 6 nitrogen and oxygen atoms in total. The summed E-state index contributed by atoms with van der Waals surface area (Å²) < 4.78 is 6.59. The van der Waals surface area contributed by atoms with E-state index in [0.717, 1.165) is 28.6 Å². The molecule has 0 fully saturated rings. The number of cyclic esters (lactones) is 1. The van der Waals surface area contributed by atoms with E-state index >= 15 is 0 Å². The molecule has 2 aromatic heterocycles. The van der Waals surface area contributed by atoms with Crippen molar-refractivity contribution in [1.82, 2.24) is 9.55 Å². The second-order valence-electron chi connectivity index (χ2n) is 6.65. The summed E-state index contributed by atoms with van der Waals surface area (Å²) in [6.07, 6.45) is -0.592. The number of nitrogens with zero attached hydrogens (tertiary/aromatic N) is 2. The van der Waals surface area contributed by atoms with Crippen LogP contribution in [0.25, 0.3) is 22.3 Å². The Balaban J connectivity index is 1.84. The van der Waals surface area contributed by atoms with Crippen molar-refractivity contribution < 1.29 is 14.6 Å². The minimum atomic E-state index is -1.42. The highest BCUT2D eigenvalue weighted by atomic mass is 16.5. The Morgan fingerprint density at radius 1 is 1.27 bits per heavy atom. The summed E-state index contributed by atoms with van der Waals surface area (Å²) in [7, 11) is 0. The van der Waals surface area contributed by atoms with Gasteiger partial charge < -0.3 is 14.4 Å². The standard InChI is InChI=1S/C20H16N2O4/c1-2-10-11-5-3-4-6-15(11)21-17-13(10)8-22-16(17)7-12-14(19(22)24)9-26-20(25)18(12)23/h3-7,18,23H,2,8-9H2,1H3. The molecule has 5 rings (SSSR count). The number of ether oxygens (including phenoxy) is 1. The second kappa shape index (κ2) is 5.25. The molecule has 1 aromatic carbocycles. The molecule has 0 aliphatic carbocycles. The largest absolute Gasteiger partial charge is 0.458 e. The minimum absolute atomic E-state index is 0.100. The Bertz CT molecular complexity index is 1160. The first-order chi connectivity index (χ1) is 12.6. The number of carbonyl (C=O) groups excluding carboxylic acids is 1. The fourth-order valence-electron chi connectivity index (χ4n) is 4.06. The fourth-order valence-corrected chi connectivity index (χ4v) is 4.06. The number of esters is 1. The molecule has 0 saturated heterocycles. The zero-order valence-electron chi connectivity index (χ0n) is 14.2. The van der Waals surface area contributed by atoms with Gasteiger partial charge in [-0.25, -0.2) is 9.78 Å². The zero-order valence-corrected chi connectivity index (χ0v) is 14.2. The van der Waals surface area contributed by atoms with Crippen LogP contribution < -0.4 is 5.56 Å². The number of hydrogen-bond donors (Lipinski definition) is 1. The average Bonchev–Trinajstić information content (AvgIpc) is 3.02. The summed E-state index contributed by atoms with van der Waals surface area (Å²) in [6, 6.07) is 9.65. The number of fused-ring (bicyclic) bond motifs is 5. The lowest BCUT2D eigenvalue weighted by atomic mass is 9.97. The van der Waals surface area contributed by atoms with E-state index in [2.05, 4.69) is 13.0 Å². The lowest BCUT2D eigenvalue weighted by Crippen LogP contribution is -2.32. The van der Waals surface area contributed by atoms with Crippen LogP contribution in [0, 0.1) is 0 Å². The summed E-state index contributed by atoms with van der Waals surface area (Å²) in [5.41, 5.74) is 4.95. The normalized spacial score (nSPS) is 17.6. The minimum Gasteiger partial charge on any atom is -0.458 e. The van der Waals surface area contributed by atoms with Crippen LogP contribution >= 0.6 is 0 Å². The maximum atomic E-state index is 13.0.